The number of imide groups is 1. The Labute approximate surface area is 153 Å². The van der Waals surface area contributed by atoms with Gasteiger partial charge in [-0.05, 0) is 25.7 Å². The summed E-state index contributed by atoms with van der Waals surface area (Å²) in [6.07, 6.45) is 0.718. The fraction of sp³-hybridized carbons (Fsp3) is 0.882. The van der Waals surface area contributed by atoms with Gasteiger partial charge in [0.15, 0.2) is 0 Å². The molecule has 5 nitrogen and oxygen atoms in total. The van der Waals surface area contributed by atoms with Crippen LogP contribution in [0.25, 0.3) is 0 Å². The van der Waals surface area contributed by atoms with E-state index in [0.29, 0.717) is 6.61 Å². The van der Waals surface area contributed by atoms with Crippen LogP contribution in [0.4, 0.5) is 4.79 Å². The molecule has 0 aromatic heterocycles. The first kappa shape index (κ1) is 19.0. The minimum atomic E-state index is -0.697. The number of amides is 3. The van der Waals surface area contributed by atoms with E-state index in [1.165, 1.54) is 4.90 Å². The Morgan fingerprint density at radius 2 is 1.87 bits per heavy atom. The first-order valence-electron chi connectivity index (χ1n) is 8.20. The van der Waals surface area contributed by atoms with E-state index in [4.69, 9.17) is 4.74 Å². The van der Waals surface area contributed by atoms with E-state index in [9.17, 15) is 9.59 Å². The number of carbonyl (C=O) groups is 2. The second kappa shape index (κ2) is 5.86. The van der Waals surface area contributed by atoms with Crippen molar-refractivity contribution in [1.29, 1.82) is 0 Å². The lowest BCUT2D eigenvalue weighted by atomic mass is 9.86. The van der Waals surface area contributed by atoms with Gasteiger partial charge in [-0.15, -0.1) is 0 Å². The van der Waals surface area contributed by atoms with E-state index in [1.54, 1.807) is 4.90 Å². The first-order valence-corrected chi connectivity index (χ1v) is 9.72. The molecule has 0 saturated carbocycles. The molecule has 3 amide bonds. The molecular weight excluding hydrogens is 407 g/mol. The van der Waals surface area contributed by atoms with E-state index in [1.807, 2.05) is 27.7 Å². The number of carbonyl (C=O) groups excluding carboxylic acids is 2. The van der Waals surface area contributed by atoms with Gasteiger partial charge in [0, 0.05) is 9.84 Å². The average Bonchev–Trinajstić information content (AvgIpc) is 2.83. The van der Waals surface area contributed by atoms with Gasteiger partial charge in [-0.3, -0.25) is 14.6 Å². The molecule has 0 spiro atoms. The summed E-state index contributed by atoms with van der Waals surface area (Å²) in [7, 11) is 0. The van der Waals surface area contributed by atoms with Crippen LogP contribution in [0.15, 0.2) is 0 Å². The zero-order valence-electron chi connectivity index (χ0n) is 15.3. The van der Waals surface area contributed by atoms with Crippen molar-refractivity contribution >= 4 is 34.5 Å². The summed E-state index contributed by atoms with van der Waals surface area (Å²) >= 11 is 2.26. The summed E-state index contributed by atoms with van der Waals surface area (Å²) in [4.78, 5) is 29.4. The van der Waals surface area contributed by atoms with E-state index < -0.39 is 11.1 Å². The monoisotopic (exact) mass is 436 g/mol. The molecule has 2 rings (SSSR count). The van der Waals surface area contributed by atoms with Crippen LogP contribution < -0.4 is 0 Å². The molecule has 2 fully saturated rings. The van der Waals surface area contributed by atoms with Crippen molar-refractivity contribution in [2.24, 2.45) is 10.8 Å². The largest absolute Gasteiger partial charge is 0.354 e. The highest BCUT2D eigenvalue weighted by molar-refractivity contribution is 14.1. The van der Waals surface area contributed by atoms with E-state index in [2.05, 4.69) is 43.4 Å². The van der Waals surface area contributed by atoms with Crippen LogP contribution in [0.1, 0.15) is 54.9 Å². The Kier molecular flexibility index (Phi) is 4.83. The summed E-state index contributed by atoms with van der Waals surface area (Å²) < 4.78 is 6.65. The lowest BCUT2D eigenvalue weighted by molar-refractivity contribution is -0.134. The van der Waals surface area contributed by atoms with Gasteiger partial charge in [0.25, 0.3) is 0 Å². The van der Waals surface area contributed by atoms with Gasteiger partial charge in [-0.25, -0.2) is 4.79 Å². The van der Waals surface area contributed by atoms with Crippen molar-refractivity contribution in [2.45, 2.75) is 72.7 Å². The number of rotatable bonds is 1. The van der Waals surface area contributed by atoms with Gasteiger partial charge in [-0.2, -0.15) is 0 Å². The zero-order valence-corrected chi connectivity index (χ0v) is 17.4. The van der Waals surface area contributed by atoms with Crippen LogP contribution in [-0.2, 0) is 9.53 Å². The number of urea groups is 1. The Balaban J connectivity index is 2.38. The van der Waals surface area contributed by atoms with Crippen LogP contribution in [0, 0.1) is 10.8 Å². The van der Waals surface area contributed by atoms with Gasteiger partial charge < -0.3 is 4.74 Å². The van der Waals surface area contributed by atoms with Gasteiger partial charge >= 0.3 is 6.03 Å². The normalized spacial score (nSPS) is 30.2. The summed E-state index contributed by atoms with van der Waals surface area (Å²) in [6, 6.07) is -0.288. The third kappa shape index (κ3) is 3.25. The molecule has 0 bridgehead atoms. The second-order valence-electron chi connectivity index (χ2n) is 8.86. The highest BCUT2D eigenvalue weighted by atomic mass is 127. The van der Waals surface area contributed by atoms with E-state index in [0.717, 1.165) is 10.8 Å². The molecule has 2 atom stereocenters. The molecule has 2 aliphatic heterocycles. The van der Waals surface area contributed by atoms with Crippen LogP contribution >= 0.6 is 22.6 Å². The number of likely N-dealkylation sites (tertiary alicyclic amines) is 1. The Morgan fingerprint density at radius 3 is 2.35 bits per heavy atom. The molecule has 6 heteroatoms. The maximum Gasteiger partial charge on any atom is 0.329 e. The van der Waals surface area contributed by atoms with Gasteiger partial charge in [0.2, 0.25) is 5.91 Å². The van der Waals surface area contributed by atoms with Crippen LogP contribution in [-0.4, -0.2) is 50.6 Å². The third-order valence-corrected chi connectivity index (χ3v) is 6.00. The number of nitrogens with zero attached hydrogens (tertiary/aromatic N) is 2. The maximum absolute atomic E-state index is 13.3. The fourth-order valence-corrected chi connectivity index (χ4v) is 4.25. The maximum atomic E-state index is 13.3. The molecule has 0 N–H and O–H groups in total. The number of halogens is 1. The van der Waals surface area contributed by atoms with Crippen molar-refractivity contribution in [2.75, 3.05) is 11.0 Å². The van der Waals surface area contributed by atoms with Gasteiger partial charge in [0.1, 0.15) is 5.72 Å². The Morgan fingerprint density at radius 1 is 1.30 bits per heavy atom. The van der Waals surface area contributed by atoms with Crippen LogP contribution in [0.3, 0.4) is 0 Å². The Bertz CT molecular complexity index is 510. The Hall–Kier alpha value is -0.370. The van der Waals surface area contributed by atoms with E-state index in [-0.39, 0.29) is 29.4 Å². The first-order chi connectivity index (χ1) is 10.3. The minimum Gasteiger partial charge on any atom is -0.354 e. The standard InChI is InChI=1S/C17H29IN2O3/c1-15(2,3)12-10-23-17(6,7)20(12)14(22)19-11(9-18)8-16(4,5)13(19)21/h11-12H,8-10H2,1-7H3/t11-,12-/m1/s1. The van der Waals surface area contributed by atoms with E-state index >= 15 is 0 Å². The quantitative estimate of drug-likeness (QED) is 0.466. The molecule has 0 radical (unpaired) electrons. The topological polar surface area (TPSA) is 49.9 Å². The van der Waals surface area contributed by atoms with Crippen molar-refractivity contribution in [3.8, 4) is 0 Å². The van der Waals surface area contributed by atoms with Crippen molar-refractivity contribution in [3.63, 3.8) is 0 Å². The molecular formula is C17H29IN2O3. The van der Waals surface area contributed by atoms with Gasteiger partial charge in [-0.1, -0.05) is 57.2 Å². The fourth-order valence-electron chi connectivity index (χ4n) is 3.55. The lowest BCUT2D eigenvalue weighted by Gasteiger charge is -2.41. The molecule has 0 unspecified atom stereocenters. The molecule has 23 heavy (non-hydrogen) atoms. The van der Waals surface area contributed by atoms with Crippen LogP contribution in [0.2, 0.25) is 0 Å². The molecule has 2 heterocycles. The highest BCUT2D eigenvalue weighted by Crippen LogP contribution is 2.41. The molecule has 2 saturated heterocycles. The zero-order chi connectivity index (χ0) is 17.8. The number of hydrogen-bond acceptors (Lipinski definition) is 3. The number of ether oxygens (including phenoxy) is 1. The lowest BCUT2D eigenvalue weighted by Crippen LogP contribution is -2.58. The van der Waals surface area contributed by atoms with Crippen LogP contribution in [0.5, 0.6) is 0 Å². The molecule has 0 aromatic carbocycles. The van der Waals surface area contributed by atoms with Crippen molar-refractivity contribution < 1.29 is 14.3 Å². The predicted molar refractivity (Wildman–Crippen MR) is 98.4 cm³/mol. The van der Waals surface area contributed by atoms with Crippen molar-refractivity contribution in [1.82, 2.24) is 9.80 Å². The average molecular weight is 436 g/mol. The summed E-state index contributed by atoms with van der Waals surface area (Å²) in [5.41, 5.74) is -1.28. The van der Waals surface area contributed by atoms with Crippen molar-refractivity contribution in [3.05, 3.63) is 0 Å². The molecule has 2 aliphatic rings. The number of hydrogen-bond donors (Lipinski definition) is 0. The third-order valence-electron chi connectivity index (χ3n) is 4.99. The predicted octanol–water partition coefficient (Wildman–Crippen LogP) is 3.65. The smallest absolute Gasteiger partial charge is 0.329 e. The molecule has 0 aliphatic carbocycles. The summed E-state index contributed by atoms with van der Waals surface area (Å²) in [6.45, 7) is 14.5. The van der Waals surface area contributed by atoms with Gasteiger partial charge in [0.05, 0.1) is 18.7 Å². The second-order valence-corrected chi connectivity index (χ2v) is 9.74. The minimum absolute atomic E-state index is 0.0392. The summed E-state index contributed by atoms with van der Waals surface area (Å²) in [5.74, 6) is -0.0699. The molecule has 0 aromatic rings. The number of alkyl halides is 1. The highest BCUT2D eigenvalue weighted by Gasteiger charge is 2.55. The molecule has 132 valence electrons. The summed E-state index contributed by atoms with van der Waals surface area (Å²) in [5, 5.41) is 0. The SMILES string of the molecule is CC1(C)C[C@H](CI)N(C(=O)N2[C@@H](C(C)(C)C)COC2(C)C)C1=O.